The third kappa shape index (κ3) is 4.75. The molecule has 19 heavy (non-hydrogen) atoms. The molecule has 0 aliphatic heterocycles. The number of nitrogens with one attached hydrogen (secondary N) is 1. The van der Waals surface area contributed by atoms with Crippen molar-refractivity contribution in [3.05, 3.63) is 28.3 Å². The summed E-state index contributed by atoms with van der Waals surface area (Å²) in [5.74, 6) is 0.293. The maximum absolute atomic E-state index is 10.9. The molecule has 1 unspecified atom stereocenters. The number of nitrogens with zero attached hydrogens (tertiary/aromatic N) is 1. The predicted molar refractivity (Wildman–Crippen MR) is 75.6 cm³/mol. The zero-order chi connectivity index (χ0) is 14.3. The van der Waals surface area contributed by atoms with E-state index in [1.807, 2.05) is 13.8 Å². The van der Waals surface area contributed by atoms with Gasteiger partial charge in [-0.15, -0.1) is 0 Å². The average Bonchev–Trinajstić information content (AvgIpc) is 2.42. The van der Waals surface area contributed by atoms with E-state index in [0.717, 1.165) is 18.5 Å². The lowest BCUT2D eigenvalue weighted by Gasteiger charge is -2.13. The molecule has 1 aromatic rings. The van der Waals surface area contributed by atoms with Crippen LogP contribution >= 0.6 is 0 Å². The summed E-state index contributed by atoms with van der Waals surface area (Å²) in [5.41, 5.74) is 6.58. The van der Waals surface area contributed by atoms with E-state index in [2.05, 4.69) is 5.32 Å². The van der Waals surface area contributed by atoms with Gasteiger partial charge in [-0.2, -0.15) is 0 Å². The minimum absolute atomic E-state index is 0.0150. The van der Waals surface area contributed by atoms with Crippen molar-refractivity contribution in [2.45, 2.75) is 32.7 Å². The Labute approximate surface area is 113 Å². The molecule has 0 heterocycles. The standard InChI is InChI=1S/C13H21N3O3/c1-3-7-19-13-8-11(15-9-10(14)4-2)5-6-12(13)16(17)18/h5-6,8,10,15H,3-4,7,9,14H2,1-2H3. The molecular weight excluding hydrogens is 246 g/mol. The molecule has 0 spiro atoms. The number of nitro benzene ring substituents is 1. The van der Waals surface area contributed by atoms with E-state index in [1.54, 1.807) is 12.1 Å². The first-order valence-electron chi connectivity index (χ1n) is 6.49. The highest BCUT2D eigenvalue weighted by molar-refractivity contribution is 5.58. The van der Waals surface area contributed by atoms with Crippen LogP contribution in [0.1, 0.15) is 26.7 Å². The number of nitro groups is 1. The first kappa shape index (κ1) is 15.2. The molecule has 1 rings (SSSR count). The highest BCUT2D eigenvalue weighted by atomic mass is 16.6. The Morgan fingerprint density at radius 2 is 2.21 bits per heavy atom. The Balaban J connectivity index is 2.81. The van der Waals surface area contributed by atoms with Gasteiger partial charge in [-0.3, -0.25) is 10.1 Å². The van der Waals surface area contributed by atoms with Crippen molar-refractivity contribution in [1.82, 2.24) is 0 Å². The molecule has 0 aromatic heterocycles. The van der Waals surface area contributed by atoms with Gasteiger partial charge in [0.1, 0.15) is 0 Å². The number of benzene rings is 1. The molecule has 6 nitrogen and oxygen atoms in total. The van der Waals surface area contributed by atoms with E-state index in [9.17, 15) is 10.1 Å². The zero-order valence-electron chi connectivity index (χ0n) is 11.4. The van der Waals surface area contributed by atoms with Gasteiger partial charge >= 0.3 is 5.69 Å². The normalized spacial score (nSPS) is 11.9. The summed E-state index contributed by atoms with van der Waals surface area (Å²) in [5, 5.41) is 14.0. The minimum Gasteiger partial charge on any atom is -0.487 e. The lowest BCUT2D eigenvalue weighted by Crippen LogP contribution is -2.27. The van der Waals surface area contributed by atoms with Crippen LogP contribution in [0.25, 0.3) is 0 Å². The number of anilines is 1. The molecule has 6 heteroatoms. The Bertz CT molecular complexity index is 424. The molecule has 1 atom stereocenters. The maximum Gasteiger partial charge on any atom is 0.311 e. The molecular formula is C13H21N3O3. The van der Waals surface area contributed by atoms with E-state index in [0.29, 0.717) is 18.9 Å². The number of ether oxygens (including phenoxy) is 1. The fourth-order valence-electron chi connectivity index (χ4n) is 1.50. The van der Waals surface area contributed by atoms with Gasteiger partial charge < -0.3 is 15.8 Å². The first-order chi connectivity index (χ1) is 9.08. The molecule has 0 amide bonds. The van der Waals surface area contributed by atoms with E-state index in [-0.39, 0.29) is 11.7 Å². The van der Waals surface area contributed by atoms with Crippen molar-refractivity contribution >= 4 is 11.4 Å². The van der Waals surface area contributed by atoms with Gasteiger partial charge in [0.2, 0.25) is 0 Å². The van der Waals surface area contributed by atoms with Gasteiger partial charge in [0.05, 0.1) is 11.5 Å². The fourth-order valence-corrected chi connectivity index (χ4v) is 1.50. The van der Waals surface area contributed by atoms with E-state index in [4.69, 9.17) is 10.5 Å². The van der Waals surface area contributed by atoms with Crippen molar-refractivity contribution < 1.29 is 9.66 Å². The monoisotopic (exact) mass is 267 g/mol. The summed E-state index contributed by atoms with van der Waals surface area (Å²) in [6, 6.07) is 4.83. The summed E-state index contributed by atoms with van der Waals surface area (Å²) in [6.45, 7) is 5.05. The highest BCUT2D eigenvalue weighted by Gasteiger charge is 2.15. The minimum atomic E-state index is -0.438. The quantitative estimate of drug-likeness (QED) is 0.558. The van der Waals surface area contributed by atoms with Crippen molar-refractivity contribution in [1.29, 1.82) is 0 Å². The second-order valence-corrected chi connectivity index (χ2v) is 4.34. The largest absolute Gasteiger partial charge is 0.487 e. The van der Waals surface area contributed by atoms with Gasteiger partial charge in [-0.1, -0.05) is 13.8 Å². The third-order valence-corrected chi connectivity index (χ3v) is 2.71. The van der Waals surface area contributed by atoms with E-state index >= 15 is 0 Å². The molecule has 0 saturated heterocycles. The van der Waals surface area contributed by atoms with Gasteiger partial charge in [-0.05, 0) is 18.9 Å². The van der Waals surface area contributed by atoms with Crippen LogP contribution in [-0.2, 0) is 0 Å². The van der Waals surface area contributed by atoms with Crippen LogP contribution in [-0.4, -0.2) is 24.1 Å². The van der Waals surface area contributed by atoms with Crippen LogP contribution in [0, 0.1) is 10.1 Å². The fraction of sp³-hybridized carbons (Fsp3) is 0.538. The van der Waals surface area contributed by atoms with Gasteiger partial charge in [0.15, 0.2) is 5.75 Å². The molecule has 0 aliphatic carbocycles. The summed E-state index contributed by atoms with van der Waals surface area (Å²) >= 11 is 0. The van der Waals surface area contributed by atoms with Crippen LogP contribution in [0.2, 0.25) is 0 Å². The topological polar surface area (TPSA) is 90.4 Å². The molecule has 0 fully saturated rings. The third-order valence-electron chi connectivity index (χ3n) is 2.71. The van der Waals surface area contributed by atoms with Crippen molar-refractivity contribution in [2.24, 2.45) is 5.73 Å². The maximum atomic E-state index is 10.9. The Morgan fingerprint density at radius 1 is 1.47 bits per heavy atom. The van der Waals surface area contributed by atoms with Crippen molar-refractivity contribution in [3.63, 3.8) is 0 Å². The Morgan fingerprint density at radius 3 is 2.79 bits per heavy atom. The average molecular weight is 267 g/mol. The zero-order valence-corrected chi connectivity index (χ0v) is 11.4. The van der Waals surface area contributed by atoms with Gasteiger partial charge in [0.25, 0.3) is 0 Å². The number of hydrogen-bond donors (Lipinski definition) is 2. The van der Waals surface area contributed by atoms with Crippen LogP contribution in [0.5, 0.6) is 5.75 Å². The van der Waals surface area contributed by atoms with E-state index in [1.165, 1.54) is 6.07 Å². The summed E-state index contributed by atoms with van der Waals surface area (Å²) in [4.78, 5) is 10.5. The highest BCUT2D eigenvalue weighted by Crippen LogP contribution is 2.30. The number of hydrogen-bond acceptors (Lipinski definition) is 5. The number of rotatable bonds is 8. The first-order valence-corrected chi connectivity index (χ1v) is 6.49. The molecule has 0 aliphatic rings. The van der Waals surface area contributed by atoms with Gasteiger partial charge in [0, 0.05) is 30.4 Å². The summed E-state index contributed by atoms with van der Waals surface area (Å²) in [7, 11) is 0. The molecule has 3 N–H and O–H groups in total. The number of nitrogens with two attached hydrogens (primary N) is 1. The SMILES string of the molecule is CCCOc1cc(NCC(N)CC)ccc1[N+](=O)[O-]. The molecule has 0 radical (unpaired) electrons. The van der Waals surface area contributed by atoms with Crippen LogP contribution in [0.15, 0.2) is 18.2 Å². The molecule has 0 bridgehead atoms. The second kappa shape index (κ2) is 7.58. The van der Waals surface area contributed by atoms with Gasteiger partial charge in [-0.25, -0.2) is 0 Å². The van der Waals surface area contributed by atoms with Crippen molar-refractivity contribution in [3.8, 4) is 5.75 Å². The summed E-state index contributed by atoms with van der Waals surface area (Å²) < 4.78 is 5.41. The van der Waals surface area contributed by atoms with Crippen LogP contribution in [0.3, 0.4) is 0 Å². The predicted octanol–water partition coefficient (Wildman–Crippen LogP) is 2.53. The van der Waals surface area contributed by atoms with Crippen molar-refractivity contribution in [2.75, 3.05) is 18.5 Å². The van der Waals surface area contributed by atoms with Crippen LogP contribution in [0.4, 0.5) is 11.4 Å². The van der Waals surface area contributed by atoms with Crippen LogP contribution < -0.4 is 15.8 Å². The molecule has 0 saturated carbocycles. The second-order valence-electron chi connectivity index (χ2n) is 4.34. The van der Waals surface area contributed by atoms with E-state index < -0.39 is 4.92 Å². The molecule has 106 valence electrons. The Hall–Kier alpha value is -1.82. The Kier molecular flexibility index (Phi) is 6.08. The molecule has 1 aromatic carbocycles. The summed E-state index contributed by atoms with van der Waals surface area (Å²) in [6.07, 6.45) is 1.68. The lowest BCUT2D eigenvalue weighted by molar-refractivity contribution is -0.385. The smallest absolute Gasteiger partial charge is 0.311 e. The lowest BCUT2D eigenvalue weighted by atomic mass is 10.2.